The summed E-state index contributed by atoms with van der Waals surface area (Å²) in [6.07, 6.45) is 0. The van der Waals surface area contributed by atoms with Crippen LogP contribution in [0.15, 0.2) is 117 Å². The molecule has 0 bridgehead atoms. The highest BCUT2D eigenvalue weighted by Gasteiger charge is 2.28. The number of nitrogens with zero attached hydrogens (tertiary/aromatic N) is 3. The summed E-state index contributed by atoms with van der Waals surface area (Å²) < 4.78 is 60.6. The molecule has 4 aromatic carbocycles. The van der Waals surface area contributed by atoms with Gasteiger partial charge in [0, 0.05) is 12.1 Å². The minimum atomic E-state index is -3.66. The second-order valence-corrected chi connectivity index (χ2v) is 13.9. The fourth-order valence-electron chi connectivity index (χ4n) is 4.29. The Balaban J connectivity index is 0.000000193. The second kappa shape index (κ2) is 15.4. The van der Waals surface area contributed by atoms with Crippen LogP contribution in [0.1, 0.15) is 0 Å². The Morgan fingerprint density at radius 3 is 1.74 bits per heavy atom. The van der Waals surface area contributed by atoms with Crippen molar-refractivity contribution in [3.63, 3.8) is 0 Å². The number of fused-ring (bicyclic) bond motifs is 2. The lowest BCUT2D eigenvalue weighted by molar-refractivity contribution is -0.121. The van der Waals surface area contributed by atoms with Gasteiger partial charge in [-0.05, 0) is 48.5 Å². The number of alkyl halides is 1. The van der Waals surface area contributed by atoms with Gasteiger partial charge in [-0.25, -0.2) is 16.8 Å². The van der Waals surface area contributed by atoms with Crippen molar-refractivity contribution in [2.45, 2.75) is 19.6 Å². The molecule has 0 unspecified atom stereocenters. The first kappa shape index (κ1) is 34.6. The van der Waals surface area contributed by atoms with Crippen molar-refractivity contribution in [2.75, 3.05) is 35.3 Å². The van der Waals surface area contributed by atoms with Gasteiger partial charge < -0.3 is 14.8 Å². The fraction of sp³-hybridized carbons (Fsp3) is 0.125. The van der Waals surface area contributed by atoms with Gasteiger partial charge in [0.25, 0.3) is 11.8 Å². The molecule has 6 rings (SSSR count). The maximum Gasteiger partial charge on any atom is 0.265 e. The van der Waals surface area contributed by atoms with Gasteiger partial charge in [-0.1, -0.05) is 52.3 Å². The predicted octanol–water partition coefficient (Wildman–Crippen LogP) is 4.52. The molecule has 2 aliphatic rings. The third-order valence-corrected chi connectivity index (χ3v) is 10.3. The molecule has 2 heterocycles. The monoisotopic (exact) mass is 736 g/mol. The van der Waals surface area contributed by atoms with Gasteiger partial charge in [-0.2, -0.15) is 10.5 Å². The third kappa shape index (κ3) is 8.14. The minimum absolute atomic E-state index is 0.0775. The SMILES string of the molecule is N#CCBr.N#CCN1C(=O)COc2cc(S(=O)(=O)c3ccccc3)ccc21.O=C1COc2cc(S(=O)(=O)c3ccccc3)ccc2N1. The summed E-state index contributed by atoms with van der Waals surface area (Å²) in [6, 6.07) is 28.7. The first-order valence-electron chi connectivity index (χ1n) is 13.6. The number of hydrogen-bond acceptors (Lipinski definition) is 10. The zero-order valence-electron chi connectivity index (χ0n) is 24.4. The highest BCUT2D eigenvalue weighted by Crippen LogP contribution is 2.36. The van der Waals surface area contributed by atoms with E-state index < -0.39 is 19.7 Å². The van der Waals surface area contributed by atoms with E-state index in [0.29, 0.717) is 22.5 Å². The molecule has 12 nitrogen and oxygen atoms in total. The number of halogens is 1. The summed E-state index contributed by atoms with van der Waals surface area (Å²) in [7, 11) is -7.24. The summed E-state index contributed by atoms with van der Waals surface area (Å²) in [6.45, 7) is -0.439. The summed E-state index contributed by atoms with van der Waals surface area (Å²) in [5, 5.41) is 19.4. The number of amides is 2. The molecule has 0 spiro atoms. The average molecular weight is 738 g/mol. The highest BCUT2D eigenvalue weighted by atomic mass is 79.9. The van der Waals surface area contributed by atoms with Crippen LogP contribution in [0.4, 0.5) is 11.4 Å². The van der Waals surface area contributed by atoms with Gasteiger partial charge in [0.05, 0.1) is 48.4 Å². The molecule has 4 aromatic rings. The van der Waals surface area contributed by atoms with Crippen LogP contribution in [0.2, 0.25) is 0 Å². The molecule has 0 aromatic heterocycles. The summed E-state index contributed by atoms with van der Waals surface area (Å²) in [4.78, 5) is 24.9. The molecule has 0 fully saturated rings. The number of anilines is 2. The number of sulfone groups is 2. The van der Waals surface area contributed by atoms with E-state index in [0.717, 1.165) is 0 Å². The van der Waals surface area contributed by atoms with E-state index in [1.54, 1.807) is 36.4 Å². The van der Waals surface area contributed by atoms with Crippen molar-refractivity contribution < 1.29 is 35.9 Å². The van der Waals surface area contributed by atoms with Crippen LogP contribution in [0.3, 0.4) is 0 Å². The molecule has 47 heavy (non-hydrogen) atoms. The molecule has 0 saturated heterocycles. The Labute approximate surface area is 279 Å². The third-order valence-electron chi connectivity index (χ3n) is 6.48. The highest BCUT2D eigenvalue weighted by molar-refractivity contribution is 9.09. The van der Waals surface area contributed by atoms with E-state index in [1.165, 1.54) is 65.6 Å². The van der Waals surface area contributed by atoms with Crippen LogP contribution in [-0.2, 0) is 29.3 Å². The van der Waals surface area contributed by atoms with Gasteiger partial charge in [0.1, 0.15) is 18.0 Å². The smallest absolute Gasteiger partial charge is 0.265 e. The number of ether oxygens (including phenoxy) is 2. The van der Waals surface area contributed by atoms with Crippen LogP contribution < -0.4 is 19.7 Å². The molecule has 240 valence electrons. The van der Waals surface area contributed by atoms with Crippen molar-refractivity contribution in [1.29, 1.82) is 10.5 Å². The van der Waals surface area contributed by atoms with E-state index in [-0.39, 0.29) is 56.9 Å². The summed E-state index contributed by atoms with van der Waals surface area (Å²) in [5.41, 5.74) is 0.878. The van der Waals surface area contributed by atoms with E-state index >= 15 is 0 Å². The standard InChI is InChI=1S/C16H12N2O4S.C14H11NO4S.C2H2BrN/c17-8-9-18-14-7-6-13(10-15(14)22-11-16(18)19)23(20,21)12-4-2-1-3-5-12;16-14-9-19-13-8-11(6-7-12(13)15-14)20(17,18)10-4-2-1-3-5-10;3-1-2-4/h1-7,10H,9,11H2;1-8H,9H2,(H,15,16);1H2. The van der Waals surface area contributed by atoms with E-state index in [9.17, 15) is 26.4 Å². The number of benzene rings is 4. The van der Waals surface area contributed by atoms with Crippen LogP contribution in [-0.4, -0.2) is 53.7 Å². The Morgan fingerprint density at radius 1 is 0.702 bits per heavy atom. The van der Waals surface area contributed by atoms with Gasteiger partial charge in [-0.3, -0.25) is 14.5 Å². The zero-order chi connectivity index (χ0) is 34.0. The molecule has 0 radical (unpaired) electrons. The molecular weight excluding hydrogens is 712 g/mol. The van der Waals surface area contributed by atoms with E-state index in [2.05, 4.69) is 21.2 Å². The van der Waals surface area contributed by atoms with E-state index in [4.69, 9.17) is 20.0 Å². The number of hydrogen-bond donors (Lipinski definition) is 1. The quantitative estimate of drug-likeness (QED) is 0.226. The van der Waals surface area contributed by atoms with Crippen LogP contribution in [0, 0.1) is 22.7 Å². The zero-order valence-corrected chi connectivity index (χ0v) is 27.6. The van der Waals surface area contributed by atoms with Crippen LogP contribution in [0.25, 0.3) is 0 Å². The van der Waals surface area contributed by atoms with Gasteiger partial charge in [0.2, 0.25) is 19.7 Å². The van der Waals surface area contributed by atoms with Crippen LogP contribution in [0.5, 0.6) is 11.5 Å². The Morgan fingerprint density at radius 2 is 1.21 bits per heavy atom. The van der Waals surface area contributed by atoms with Crippen molar-refractivity contribution in [1.82, 2.24) is 0 Å². The van der Waals surface area contributed by atoms with Crippen molar-refractivity contribution in [3.05, 3.63) is 97.1 Å². The maximum atomic E-state index is 12.6. The van der Waals surface area contributed by atoms with Gasteiger partial charge in [0.15, 0.2) is 13.2 Å². The first-order chi connectivity index (χ1) is 22.5. The molecule has 0 aliphatic carbocycles. The number of carbonyl (C=O) groups is 2. The molecule has 15 heteroatoms. The number of carbonyl (C=O) groups excluding carboxylic acids is 2. The van der Waals surface area contributed by atoms with Crippen molar-refractivity contribution in [2.24, 2.45) is 0 Å². The lowest BCUT2D eigenvalue weighted by Crippen LogP contribution is -2.39. The maximum absolute atomic E-state index is 12.6. The Kier molecular flexibility index (Phi) is 11.3. The minimum Gasteiger partial charge on any atom is -0.482 e. The topological polar surface area (TPSA) is 184 Å². The molecule has 0 atom stereocenters. The fourth-order valence-corrected chi connectivity index (χ4v) is 6.88. The van der Waals surface area contributed by atoms with Crippen LogP contribution >= 0.6 is 15.9 Å². The summed E-state index contributed by atoms with van der Waals surface area (Å²) in [5.74, 6) is 0.0485. The predicted molar refractivity (Wildman–Crippen MR) is 174 cm³/mol. The number of rotatable bonds is 5. The normalized spacial score (nSPS) is 13.2. The summed E-state index contributed by atoms with van der Waals surface area (Å²) >= 11 is 2.89. The number of nitrogens with one attached hydrogen (secondary N) is 1. The molecule has 2 amide bonds. The lowest BCUT2D eigenvalue weighted by Gasteiger charge is -2.27. The molecule has 0 saturated carbocycles. The molecule has 2 aliphatic heterocycles. The molecular formula is C32H25BrN4O8S2. The van der Waals surface area contributed by atoms with Gasteiger partial charge in [-0.15, -0.1) is 0 Å². The largest absolute Gasteiger partial charge is 0.482 e. The van der Waals surface area contributed by atoms with E-state index in [1.807, 2.05) is 12.1 Å². The lowest BCUT2D eigenvalue weighted by atomic mass is 10.2. The van der Waals surface area contributed by atoms with Gasteiger partial charge >= 0.3 is 0 Å². The van der Waals surface area contributed by atoms with Crippen molar-refractivity contribution in [3.8, 4) is 23.6 Å². The molecule has 1 N–H and O–H groups in total. The second-order valence-electron chi connectivity index (χ2n) is 9.48. The number of nitriles is 2. The first-order valence-corrected chi connectivity index (χ1v) is 17.7. The Hall–Kier alpha value is -5.22. The Bertz CT molecular complexity index is 2080. The average Bonchev–Trinajstić information content (AvgIpc) is 3.10. The van der Waals surface area contributed by atoms with Crippen molar-refractivity contribution >= 4 is 58.8 Å².